The van der Waals surface area contributed by atoms with Crippen molar-refractivity contribution in [3.8, 4) is 0 Å². The molecule has 2 aromatic carbocycles. The second-order valence-corrected chi connectivity index (χ2v) is 9.36. The van der Waals surface area contributed by atoms with Gasteiger partial charge < -0.3 is 10.4 Å². The maximum atomic E-state index is 12.7. The van der Waals surface area contributed by atoms with Gasteiger partial charge in [-0.05, 0) is 67.0 Å². The molecule has 2 N–H and O–H groups in total. The Bertz CT molecular complexity index is 900. The number of aryl methyl sites for hydroxylation is 1. The van der Waals surface area contributed by atoms with Gasteiger partial charge in [-0.2, -0.15) is 0 Å². The highest BCUT2D eigenvalue weighted by Gasteiger charge is 2.38. The van der Waals surface area contributed by atoms with Crippen LogP contribution in [0.1, 0.15) is 56.1 Å². The molecule has 1 saturated heterocycles. The molecule has 4 atom stereocenters. The van der Waals surface area contributed by atoms with Crippen molar-refractivity contribution in [3.63, 3.8) is 0 Å². The van der Waals surface area contributed by atoms with E-state index in [9.17, 15) is 14.7 Å². The summed E-state index contributed by atoms with van der Waals surface area (Å²) in [6.45, 7) is 2.18. The average Bonchev–Trinajstić information content (AvgIpc) is 2.73. The van der Waals surface area contributed by atoms with Crippen LogP contribution in [0.2, 0.25) is 10.0 Å². The predicted octanol–water partition coefficient (Wildman–Crippen LogP) is 6.11. The fraction of sp³-hybridized carbons (Fsp3) is 0.440. The number of hydrogen-bond acceptors (Lipinski definition) is 2. The Morgan fingerprint density at radius 1 is 1.16 bits per heavy atom. The molecule has 0 aromatic heterocycles. The van der Waals surface area contributed by atoms with Gasteiger partial charge >= 0.3 is 5.97 Å². The van der Waals surface area contributed by atoms with Crippen LogP contribution >= 0.6 is 23.2 Å². The van der Waals surface area contributed by atoms with Crippen LogP contribution in [0.4, 0.5) is 0 Å². The number of nitrogens with one attached hydrogen (secondary N) is 1. The maximum absolute atomic E-state index is 12.7. The van der Waals surface area contributed by atoms with Gasteiger partial charge in [0.15, 0.2) is 0 Å². The molecular formula is C25H29Cl2NO3. The molecule has 0 radical (unpaired) electrons. The zero-order valence-electron chi connectivity index (χ0n) is 17.7. The lowest BCUT2D eigenvalue weighted by Gasteiger charge is -2.38. The molecule has 1 fully saturated rings. The van der Waals surface area contributed by atoms with Gasteiger partial charge in [0.1, 0.15) is 0 Å². The molecule has 31 heavy (non-hydrogen) atoms. The van der Waals surface area contributed by atoms with E-state index in [2.05, 4.69) is 24.4 Å². The number of benzene rings is 2. The molecule has 1 aliphatic rings. The normalized spacial score (nSPS) is 22.0. The fourth-order valence-corrected chi connectivity index (χ4v) is 4.89. The molecule has 166 valence electrons. The Balaban J connectivity index is 1.74. The van der Waals surface area contributed by atoms with Crippen molar-refractivity contribution in [2.75, 3.05) is 0 Å². The van der Waals surface area contributed by atoms with Crippen molar-refractivity contribution in [1.82, 2.24) is 5.32 Å². The van der Waals surface area contributed by atoms with E-state index in [1.54, 1.807) is 0 Å². The number of halogens is 2. The smallest absolute Gasteiger partial charge is 0.304 e. The minimum absolute atomic E-state index is 0.0359. The highest BCUT2D eigenvalue weighted by Crippen LogP contribution is 2.37. The van der Waals surface area contributed by atoms with E-state index < -0.39 is 11.9 Å². The lowest BCUT2D eigenvalue weighted by atomic mass is 9.75. The molecule has 1 heterocycles. The SMILES string of the molecule is CCC(CCc1ccc(Cl)cc1)C[C@@H]1NC(=O)[C@@H](CC(=O)O)C[C@@H]1c1cccc(Cl)c1. The molecule has 2 aromatic rings. The Morgan fingerprint density at radius 2 is 1.90 bits per heavy atom. The van der Waals surface area contributed by atoms with Crippen LogP contribution in [0.15, 0.2) is 48.5 Å². The first kappa shape index (κ1) is 23.6. The third-order valence-corrected chi connectivity index (χ3v) is 6.83. The predicted molar refractivity (Wildman–Crippen MR) is 125 cm³/mol. The van der Waals surface area contributed by atoms with Crippen molar-refractivity contribution in [2.24, 2.45) is 11.8 Å². The van der Waals surface area contributed by atoms with Crippen molar-refractivity contribution in [1.29, 1.82) is 0 Å². The molecule has 4 nitrogen and oxygen atoms in total. The van der Waals surface area contributed by atoms with Crippen LogP contribution < -0.4 is 5.32 Å². The van der Waals surface area contributed by atoms with Crippen molar-refractivity contribution >= 4 is 35.1 Å². The third-order valence-electron chi connectivity index (χ3n) is 6.34. The number of carbonyl (C=O) groups is 2. The fourth-order valence-electron chi connectivity index (χ4n) is 4.56. The summed E-state index contributed by atoms with van der Waals surface area (Å²) in [6.07, 6.45) is 4.22. The lowest BCUT2D eigenvalue weighted by Crippen LogP contribution is -2.49. The Labute approximate surface area is 194 Å². The van der Waals surface area contributed by atoms with E-state index in [1.165, 1.54) is 5.56 Å². The number of carboxylic acids is 1. The molecule has 0 aliphatic carbocycles. The molecule has 0 bridgehead atoms. The molecular weight excluding hydrogens is 433 g/mol. The van der Waals surface area contributed by atoms with Crippen LogP contribution in [0.5, 0.6) is 0 Å². The van der Waals surface area contributed by atoms with Crippen molar-refractivity contribution in [3.05, 3.63) is 69.7 Å². The van der Waals surface area contributed by atoms with Gasteiger partial charge in [0.25, 0.3) is 0 Å². The Hall–Kier alpha value is -2.04. The number of carbonyl (C=O) groups excluding carboxylic acids is 1. The number of hydrogen-bond donors (Lipinski definition) is 2. The van der Waals surface area contributed by atoms with Crippen molar-refractivity contribution in [2.45, 2.75) is 57.4 Å². The molecule has 1 amide bonds. The van der Waals surface area contributed by atoms with Crippen LogP contribution in [0.25, 0.3) is 0 Å². The van der Waals surface area contributed by atoms with Gasteiger partial charge in [-0.1, -0.05) is 60.8 Å². The van der Waals surface area contributed by atoms with Gasteiger partial charge in [0.05, 0.1) is 6.42 Å². The molecule has 3 rings (SSSR count). The number of aliphatic carboxylic acids is 1. The van der Waals surface area contributed by atoms with E-state index in [1.807, 2.05) is 36.4 Å². The summed E-state index contributed by atoms with van der Waals surface area (Å²) < 4.78 is 0. The Morgan fingerprint density at radius 3 is 2.55 bits per heavy atom. The van der Waals surface area contributed by atoms with Gasteiger partial charge in [0, 0.05) is 27.9 Å². The van der Waals surface area contributed by atoms with E-state index in [0.717, 1.165) is 36.3 Å². The lowest BCUT2D eigenvalue weighted by molar-refractivity contribution is -0.142. The first-order valence-electron chi connectivity index (χ1n) is 10.9. The van der Waals surface area contributed by atoms with E-state index in [0.29, 0.717) is 17.4 Å². The summed E-state index contributed by atoms with van der Waals surface area (Å²) in [6, 6.07) is 15.6. The van der Waals surface area contributed by atoms with Gasteiger partial charge in [0.2, 0.25) is 5.91 Å². The highest BCUT2D eigenvalue weighted by atomic mass is 35.5. The highest BCUT2D eigenvalue weighted by molar-refractivity contribution is 6.30. The van der Waals surface area contributed by atoms with Crippen LogP contribution in [0.3, 0.4) is 0 Å². The molecule has 0 spiro atoms. The first-order chi connectivity index (χ1) is 14.9. The zero-order valence-corrected chi connectivity index (χ0v) is 19.2. The third kappa shape index (κ3) is 6.72. The van der Waals surface area contributed by atoms with Crippen molar-refractivity contribution < 1.29 is 14.7 Å². The second-order valence-electron chi connectivity index (χ2n) is 8.48. The van der Waals surface area contributed by atoms with E-state index >= 15 is 0 Å². The zero-order chi connectivity index (χ0) is 22.4. The Kier molecular flexibility index (Phi) is 8.39. The average molecular weight is 462 g/mol. The number of amides is 1. The van der Waals surface area contributed by atoms with Gasteiger partial charge in [-0.25, -0.2) is 0 Å². The molecule has 1 unspecified atom stereocenters. The number of piperidine rings is 1. The quantitative estimate of drug-likeness (QED) is 0.473. The van der Waals surface area contributed by atoms with Crippen LogP contribution in [-0.2, 0) is 16.0 Å². The number of rotatable bonds is 9. The molecule has 0 saturated carbocycles. The monoisotopic (exact) mass is 461 g/mol. The van der Waals surface area contributed by atoms with Gasteiger partial charge in [-0.15, -0.1) is 0 Å². The van der Waals surface area contributed by atoms with E-state index in [4.69, 9.17) is 23.2 Å². The maximum Gasteiger partial charge on any atom is 0.304 e. The summed E-state index contributed by atoms with van der Waals surface area (Å²) >= 11 is 12.2. The van der Waals surface area contributed by atoms with E-state index in [-0.39, 0.29) is 24.3 Å². The minimum atomic E-state index is -0.946. The van der Waals surface area contributed by atoms with Crippen LogP contribution in [0, 0.1) is 11.8 Å². The first-order valence-corrected chi connectivity index (χ1v) is 11.6. The summed E-state index contributed by atoms with van der Waals surface area (Å²) in [4.78, 5) is 23.9. The summed E-state index contributed by atoms with van der Waals surface area (Å²) in [5.74, 6) is -1.13. The van der Waals surface area contributed by atoms with Gasteiger partial charge in [-0.3, -0.25) is 9.59 Å². The topological polar surface area (TPSA) is 66.4 Å². The van der Waals surface area contributed by atoms with Crippen LogP contribution in [-0.4, -0.2) is 23.0 Å². The molecule has 6 heteroatoms. The summed E-state index contributed by atoms with van der Waals surface area (Å²) in [5, 5.41) is 13.8. The second kappa shape index (κ2) is 11.0. The molecule has 1 aliphatic heterocycles. The summed E-state index contributed by atoms with van der Waals surface area (Å²) in [7, 11) is 0. The largest absolute Gasteiger partial charge is 0.481 e. The summed E-state index contributed by atoms with van der Waals surface area (Å²) in [5.41, 5.74) is 2.31. The number of carboxylic acid groups (broad SMARTS) is 1. The minimum Gasteiger partial charge on any atom is -0.481 e. The standard InChI is InChI=1S/C25H29Cl2NO3/c1-2-16(6-7-17-8-10-20(26)11-9-17)12-23-22(18-4-3-5-21(27)13-18)14-19(15-24(29)30)25(31)28-23/h3-5,8-11,13,16,19,22-23H,2,6-7,12,14-15H2,1H3,(H,28,31)(H,29,30)/t16?,19-,22-,23+/m1/s1.